The average Bonchev–Trinajstić information content (AvgIpc) is 2.79. The fourth-order valence-corrected chi connectivity index (χ4v) is 3.86. The van der Waals surface area contributed by atoms with Crippen LogP contribution in [-0.2, 0) is 16.0 Å². The number of guanidine groups is 1. The lowest BCUT2D eigenvalue weighted by Gasteiger charge is -2.32. The van der Waals surface area contributed by atoms with Gasteiger partial charge in [-0.25, -0.2) is 9.79 Å². The van der Waals surface area contributed by atoms with E-state index in [4.69, 9.17) is 14.5 Å². The zero-order valence-electron chi connectivity index (χ0n) is 18.6. The summed E-state index contributed by atoms with van der Waals surface area (Å²) in [5, 5.41) is 6.90. The topological polar surface area (TPSA) is 78.4 Å². The van der Waals surface area contributed by atoms with E-state index in [-0.39, 0.29) is 30.1 Å². The Labute approximate surface area is 202 Å². The van der Waals surface area contributed by atoms with Crippen molar-refractivity contribution in [3.63, 3.8) is 0 Å². The number of anilines is 1. The number of hydrogen-bond donors (Lipinski definition) is 2. The maximum Gasteiger partial charge on any atom is 0.409 e. The van der Waals surface area contributed by atoms with Gasteiger partial charge in [-0.05, 0) is 38.3 Å². The number of carbonyl (C=O) groups excluding carboxylic acids is 1. The Bertz CT molecular complexity index is 704. The minimum absolute atomic E-state index is 0. The molecule has 1 amide bonds. The third kappa shape index (κ3) is 7.71. The van der Waals surface area contributed by atoms with Crippen LogP contribution in [0.15, 0.2) is 29.3 Å². The molecule has 0 aliphatic carbocycles. The van der Waals surface area contributed by atoms with Gasteiger partial charge < -0.3 is 29.9 Å². The summed E-state index contributed by atoms with van der Waals surface area (Å²) >= 11 is 0. The summed E-state index contributed by atoms with van der Waals surface area (Å²) in [5.41, 5.74) is 2.46. The SMILES string of the molecule is CCNC(=NCc1ccccc1N1CCOCC1)NC1CCN(C(=O)OCC)CC1.I. The second-order valence-corrected chi connectivity index (χ2v) is 7.53. The molecule has 2 aliphatic rings. The third-order valence-electron chi connectivity index (χ3n) is 5.46. The van der Waals surface area contributed by atoms with Crippen LogP contribution in [0, 0.1) is 0 Å². The molecule has 0 unspecified atom stereocenters. The lowest BCUT2D eigenvalue weighted by atomic mass is 10.1. The molecule has 8 nitrogen and oxygen atoms in total. The van der Waals surface area contributed by atoms with E-state index < -0.39 is 0 Å². The first kappa shape index (κ1) is 25.5. The number of rotatable bonds is 6. The Morgan fingerprint density at radius 1 is 1.16 bits per heavy atom. The lowest BCUT2D eigenvalue weighted by molar-refractivity contribution is 0.0963. The number of carbonyl (C=O) groups is 1. The molecule has 0 radical (unpaired) electrons. The van der Waals surface area contributed by atoms with Crippen molar-refractivity contribution in [1.82, 2.24) is 15.5 Å². The van der Waals surface area contributed by atoms with Gasteiger partial charge in [-0.15, -0.1) is 24.0 Å². The predicted octanol–water partition coefficient (Wildman–Crippen LogP) is 2.82. The van der Waals surface area contributed by atoms with E-state index >= 15 is 0 Å². The Morgan fingerprint density at radius 3 is 2.55 bits per heavy atom. The Morgan fingerprint density at radius 2 is 1.87 bits per heavy atom. The van der Waals surface area contributed by atoms with E-state index in [1.807, 2.05) is 6.92 Å². The number of hydrogen-bond acceptors (Lipinski definition) is 5. The molecule has 9 heteroatoms. The quantitative estimate of drug-likeness (QED) is 0.325. The van der Waals surface area contributed by atoms with E-state index in [1.54, 1.807) is 4.90 Å². The number of amides is 1. The van der Waals surface area contributed by atoms with Crippen molar-refractivity contribution in [2.75, 3.05) is 57.4 Å². The highest BCUT2D eigenvalue weighted by molar-refractivity contribution is 14.0. The highest BCUT2D eigenvalue weighted by atomic mass is 127. The minimum atomic E-state index is -0.212. The van der Waals surface area contributed by atoms with Crippen LogP contribution in [0.2, 0.25) is 0 Å². The van der Waals surface area contributed by atoms with E-state index in [0.717, 1.165) is 51.6 Å². The summed E-state index contributed by atoms with van der Waals surface area (Å²) < 4.78 is 10.6. The van der Waals surface area contributed by atoms with Gasteiger partial charge in [0, 0.05) is 44.5 Å². The van der Waals surface area contributed by atoms with Crippen molar-refractivity contribution >= 4 is 41.7 Å². The van der Waals surface area contributed by atoms with Gasteiger partial charge in [0.1, 0.15) is 0 Å². The number of para-hydroxylation sites is 1. The summed E-state index contributed by atoms with van der Waals surface area (Å²) in [6, 6.07) is 8.76. The number of ether oxygens (including phenoxy) is 2. The maximum atomic E-state index is 11.9. The van der Waals surface area contributed by atoms with Crippen LogP contribution in [-0.4, -0.2) is 75.5 Å². The number of nitrogens with one attached hydrogen (secondary N) is 2. The Kier molecular flexibility index (Phi) is 11.2. The standard InChI is InChI=1S/C22H35N5O3.HI/c1-3-23-21(25-19-9-11-27(12-10-19)22(28)30-4-2)24-17-18-7-5-6-8-20(18)26-13-15-29-16-14-26;/h5-8,19H,3-4,9-17H2,1-2H3,(H2,23,24,25);1H. The zero-order valence-corrected chi connectivity index (χ0v) is 21.0. The van der Waals surface area contributed by atoms with E-state index in [9.17, 15) is 4.79 Å². The van der Waals surface area contributed by atoms with E-state index in [2.05, 4.69) is 46.7 Å². The van der Waals surface area contributed by atoms with Crippen LogP contribution in [0.4, 0.5) is 10.5 Å². The first-order valence-electron chi connectivity index (χ1n) is 11.1. The van der Waals surface area contributed by atoms with Crippen LogP contribution >= 0.6 is 24.0 Å². The zero-order chi connectivity index (χ0) is 21.2. The van der Waals surface area contributed by atoms with E-state index in [1.165, 1.54) is 11.3 Å². The molecular weight excluding hydrogens is 509 g/mol. The van der Waals surface area contributed by atoms with Crippen molar-refractivity contribution in [2.45, 2.75) is 39.3 Å². The van der Waals surface area contributed by atoms with Gasteiger partial charge in [0.25, 0.3) is 0 Å². The van der Waals surface area contributed by atoms with Crippen LogP contribution in [0.1, 0.15) is 32.3 Å². The molecule has 3 rings (SSSR count). The molecule has 0 atom stereocenters. The number of halogens is 1. The number of nitrogens with zero attached hydrogens (tertiary/aromatic N) is 3. The molecule has 1 aromatic carbocycles. The van der Waals surface area contributed by atoms with Crippen LogP contribution in [0.3, 0.4) is 0 Å². The van der Waals surface area contributed by atoms with Crippen molar-refractivity contribution < 1.29 is 14.3 Å². The van der Waals surface area contributed by atoms with Crippen molar-refractivity contribution in [1.29, 1.82) is 0 Å². The molecule has 0 aromatic heterocycles. The van der Waals surface area contributed by atoms with Crippen molar-refractivity contribution in [3.05, 3.63) is 29.8 Å². The van der Waals surface area contributed by atoms with Crippen molar-refractivity contribution in [2.24, 2.45) is 4.99 Å². The largest absolute Gasteiger partial charge is 0.450 e. The van der Waals surface area contributed by atoms with Crippen molar-refractivity contribution in [3.8, 4) is 0 Å². The molecule has 1 aromatic rings. The second kappa shape index (κ2) is 13.6. The molecule has 174 valence electrons. The minimum Gasteiger partial charge on any atom is -0.450 e. The number of aliphatic imine (C=N–C) groups is 1. The highest BCUT2D eigenvalue weighted by Gasteiger charge is 2.24. The third-order valence-corrected chi connectivity index (χ3v) is 5.46. The summed E-state index contributed by atoms with van der Waals surface area (Å²) in [6.45, 7) is 10.5. The van der Waals surface area contributed by atoms with Gasteiger partial charge in [0.05, 0.1) is 26.4 Å². The first-order chi connectivity index (χ1) is 14.7. The summed E-state index contributed by atoms with van der Waals surface area (Å²) in [4.78, 5) is 20.9. The normalized spacial score (nSPS) is 17.7. The molecular formula is C22H36IN5O3. The number of morpholine rings is 1. The highest BCUT2D eigenvalue weighted by Crippen LogP contribution is 2.22. The monoisotopic (exact) mass is 545 g/mol. The van der Waals surface area contributed by atoms with Crippen LogP contribution < -0.4 is 15.5 Å². The summed E-state index contributed by atoms with van der Waals surface area (Å²) in [6.07, 6.45) is 1.55. The first-order valence-corrected chi connectivity index (χ1v) is 11.1. The number of likely N-dealkylation sites (tertiary alicyclic amines) is 1. The molecule has 2 fully saturated rings. The smallest absolute Gasteiger partial charge is 0.409 e. The number of benzene rings is 1. The molecule has 31 heavy (non-hydrogen) atoms. The summed E-state index contributed by atoms with van der Waals surface area (Å²) in [7, 11) is 0. The summed E-state index contributed by atoms with van der Waals surface area (Å²) in [5.74, 6) is 0.823. The molecule has 2 N–H and O–H groups in total. The molecule has 0 spiro atoms. The van der Waals surface area contributed by atoms with Gasteiger partial charge in [0.2, 0.25) is 0 Å². The maximum absolute atomic E-state index is 11.9. The van der Waals surface area contributed by atoms with E-state index in [0.29, 0.717) is 32.3 Å². The lowest BCUT2D eigenvalue weighted by Crippen LogP contribution is -2.49. The molecule has 0 bridgehead atoms. The fraction of sp³-hybridized carbons (Fsp3) is 0.636. The van der Waals surface area contributed by atoms with Crippen LogP contribution in [0.5, 0.6) is 0 Å². The Hall–Kier alpha value is -1.75. The molecule has 0 saturated carbocycles. The van der Waals surface area contributed by atoms with Gasteiger partial charge in [-0.1, -0.05) is 18.2 Å². The van der Waals surface area contributed by atoms with Gasteiger partial charge in [-0.3, -0.25) is 0 Å². The van der Waals surface area contributed by atoms with Gasteiger partial charge in [0.15, 0.2) is 5.96 Å². The molecule has 2 aliphatic heterocycles. The van der Waals surface area contributed by atoms with Crippen LogP contribution in [0.25, 0.3) is 0 Å². The Balaban J connectivity index is 0.00000341. The van der Waals surface area contributed by atoms with Gasteiger partial charge >= 0.3 is 6.09 Å². The average molecular weight is 545 g/mol. The molecule has 2 heterocycles. The molecule has 2 saturated heterocycles. The predicted molar refractivity (Wildman–Crippen MR) is 134 cm³/mol. The van der Waals surface area contributed by atoms with Gasteiger partial charge in [-0.2, -0.15) is 0 Å². The fourth-order valence-electron chi connectivity index (χ4n) is 3.86. The number of piperidine rings is 1. The second-order valence-electron chi connectivity index (χ2n) is 7.53.